The lowest BCUT2D eigenvalue weighted by Gasteiger charge is -2.09. The predicted molar refractivity (Wildman–Crippen MR) is 110 cm³/mol. The molecular formula is C20H18ClN3O2S. The van der Waals surface area contributed by atoms with Gasteiger partial charge in [-0.15, -0.1) is 11.3 Å². The minimum atomic E-state index is -0.362. The molecule has 3 rings (SSSR count). The molecule has 27 heavy (non-hydrogen) atoms. The van der Waals surface area contributed by atoms with Crippen LogP contribution in [0.25, 0.3) is 0 Å². The first-order valence-corrected chi connectivity index (χ1v) is 9.56. The molecule has 0 unspecified atom stereocenters. The van der Waals surface area contributed by atoms with E-state index in [0.29, 0.717) is 29.4 Å². The van der Waals surface area contributed by atoms with E-state index in [-0.39, 0.29) is 11.9 Å². The first-order chi connectivity index (χ1) is 13.1. The lowest BCUT2D eigenvalue weighted by molar-refractivity contribution is -0.120. The van der Waals surface area contributed by atoms with Gasteiger partial charge in [0.05, 0.1) is 13.0 Å². The van der Waals surface area contributed by atoms with Crippen molar-refractivity contribution in [3.63, 3.8) is 0 Å². The first-order valence-electron chi connectivity index (χ1n) is 8.30. The van der Waals surface area contributed by atoms with E-state index >= 15 is 0 Å². The molecule has 138 valence electrons. The number of carbonyl (C=O) groups is 2. The van der Waals surface area contributed by atoms with Crippen molar-refractivity contribution in [2.24, 2.45) is 0 Å². The summed E-state index contributed by atoms with van der Waals surface area (Å²) in [5.74, 6) is -0.0391. The summed E-state index contributed by atoms with van der Waals surface area (Å²) in [5, 5.41) is 10.9. The number of urea groups is 1. The highest BCUT2D eigenvalue weighted by Gasteiger charge is 2.06. The SMILES string of the molecule is O=C(Cc1ccc(NC(=O)Nc2cccc(Cl)c2)cc1)NCc1cccs1. The van der Waals surface area contributed by atoms with E-state index in [1.807, 2.05) is 29.6 Å². The van der Waals surface area contributed by atoms with Crippen LogP contribution in [0.1, 0.15) is 10.4 Å². The second-order valence-corrected chi connectivity index (χ2v) is 7.29. The minimum Gasteiger partial charge on any atom is -0.351 e. The summed E-state index contributed by atoms with van der Waals surface area (Å²) in [6.45, 7) is 0.541. The summed E-state index contributed by atoms with van der Waals surface area (Å²) in [4.78, 5) is 25.1. The summed E-state index contributed by atoms with van der Waals surface area (Å²) in [7, 11) is 0. The zero-order valence-electron chi connectivity index (χ0n) is 14.4. The van der Waals surface area contributed by atoms with Crippen LogP contribution in [0.15, 0.2) is 66.0 Å². The number of carbonyl (C=O) groups excluding carboxylic acids is 2. The second kappa shape index (κ2) is 9.21. The molecule has 0 saturated carbocycles. The third kappa shape index (κ3) is 6.13. The molecule has 0 atom stereocenters. The Hall–Kier alpha value is -2.83. The molecule has 0 spiro atoms. The van der Waals surface area contributed by atoms with E-state index < -0.39 is 0 Å². The third-order valence-corrected chi connectivity index (χ3v) is 4.81. The highest BCUT2D eigenvalue weighted by molar-refractivity contribution is 7.09. The lowest BCUT2D eigenvalue weighted by Crippen LogP contribution is -2.24. The van der Waals surface area contributed by atoms with Crippen LogP contribution in [-0.4, -0.2) is 11.9 Å². The highest BCUT2D eigenvalue weighted by atomic mass is 35.5. The maximum absolute atomic E-state index is 12.0. The van der Waals surface area contributed by atoms with Gasteiger partial charge in [-0.25, -0.2) is 4.79 Å². The molecule has 0 aliphatic carbocycles. The van der Waals surface area contributed by atoms with Gasteiger partial charge in [-0.3, -0.25) is 4.79 Å². The average molecular weight is 400 g/mol. The van der Waals surface area contributed by atoms with Gasteiger partial charge in [0, 0.05) is 21.3 Å². The van der Waals surface area contributed by atoms with E-state index in [4.69, 9.17) is 11.6 Å². The van der Waals surface area contributed by atoms with Crippen molar-refractivity contribution in [2.75, 3.05) is 10.6 Å². The standard InChI is InChI=1S/C20H18ClN3O2S/c21-15-3-1-4-17(12-15)24-20(26)23-16-8-6-14(7-9-16)11-19(25)22-13-18-5-2-10-27-18/h1-10,12H,11,13H2,(H,22,25)(H2,23,24,26). The van der Waals surface area contributed by atoms with E-state index in [0.717, 1.165) is 10.4 Å². The van der Waals surface area contributed by atoms with E-state index in [9.17, 15) is 9.59 Å². The summed E-state index contributed by atoms with van der Waals surface area (Å²) in [6, 6.07) is 17.7. The van der Waals surface area contributed by atoms with Crippen LogP contribution in [-0.2, 0) is 17.8 Å². The van der Waals surface area contributed by atoms with Gasteiger partial charge in [-0.05, 0) is 47.3 Å². The molecular weight excluding hydrogens is 382 g/mol. The molecule has 5 nitrogen and oxygen atoms in total. The van der Waals surface area contributed by atoms with Crippen molar-refractivity contribution in [3.05, 3.63) is 81.5 Å². The number of hydrogen-bond donors (Lipinski definition) is 3. The van der Waals surface area contributed by atoms with Crippen molar-refractivity contribution in [1.82, 2.24) is 5.32 Å². The monoisotopic (exact) mass is 399 g/mol. The predicted octanol–water partition coefficient (Wildman–Crippen LogP) is 4.90. The van der Waals surface area contributed by atoms with Gasteiger partial charge >= 0.3 is 6.03 Å². The van der Waals surface area contributed by atoms with Crippen LogP contribution < -0.4 is 16.0 Å². The molecule has 0 aliphatic rings. The molecule has 0 aliphatic heterocycles. The summed E-state index contributed by atoms with van der Waals surface area (Å²) in [5.41, 5.74) is 2.12. The van der Waals surface area contributed by atoms with Gasteiger partial charge in [0.1, 0.15) is 0 Å². The Morgan fingerprint density at radius 2 is 1.70 bits per heavy atom. The molecule has 0 fully saturated rings. The molecule has 7 heteroatoms. The Bertz CT molecular complexity index is 911. The average Bonchev–Trinajstić information content (AvgIpc) is 3.15. The summed E-state index contributed by atoms with van der Waals surface area (Å²) >= 11 is 7.51. The quantitative estimate of drug-likeness (QED) is 0.551. The highest BCUT2D eigenvalue weighted by Crippen LogP contribution is 2.16. The number of rotatable bonds is 6. The normalized spacial score (nSPS) is 10.3. The molecule has 3 aromatic rings. The smallest absolute Gasteiger partial charge is 0.323 e. The zero-order chi connectivity index (χ0) is 19.1. The van der Waals surface area contributed by atoms with Crippen molar-refractivity contribution in [3.8, 4) is 0 Å². The molecule has 3 N–H and O–H groups in total. The molecule has 0 saturated heterocycles. The topological polar surface area (TPSA) is 70.2 Å². The van der Waals surface area contributed by atoms with E-state index in [1.54, 1.807) is 47.7 Å². The largest absolute Gasteiger partial charge is 0.351 e. The maximum Gasteiger partial charge on any atom is 0.323 e. The number of anilines is 2. The Kier molecular flexibility index (Phi) is 6.46. The first kappa shape index (κ1) is 18.9. The van der Waals surface area contributed by atoms with Gasteiger partial charge in [-0.2, -0.15) is 0 Å². The van der Waals surface area contributed by atoms with Gasteiger partial charge in [0.25, 0.3) is 0 Å². The summed E-state index contributed by atoms with van der Waals surface area (Å²) in [6.07, 6.45) is 0.292. The van der Waals surface area contributed by atoms with Crippen LogP contribution in [0.3, 0.4) is 0 Å². The number of nitrogens with one attached hydrogen (secondary N) is 3. The van der Waals surface area contributed by atoms with Gasteiger partial charge in [0.15, 0.2) is 0 Å². The molecule has 3 amide bonds. The second-order valence-electron chi connectivity index (χ2n) is 5.82. The number of hydrogen-bond acceptors (Lipinski definition) is 3. The minimum absolute atomic E-state index is 0.0391. The van der Waals surface area contributed by atoms with Crippen molar-refractivity contribution < 1.29 is 9.59 Å². The fraction of sp³-hybridized carbons (Fsp3) is 0.100. The Morgan fingerprint density at radius 3 is 2.41 bits per heavy atom. The van der Waals surface area contributed by atoms with E-state index in [2.05, 4.69) is 16.0 Å². The Morgan fingerprint density at radius 1 is 0.926 bits per heavy atom. The van der Waals surface area contributed by atoms with E-state index in [1.165, 1.54) is 0 Å². The van der Waals surface area contributed by atoms with Gasteiger partial charge in [0.2, 0.25) is 5.91 Å². The number of halogens is 1. The zero-order valence-corrected chi connectivity index (χ0v) is 15.9. The van der Waals surface area contributed by atoms with Crippen molar-refractivity contribution in [2.45, 2.75) is 13.0 Å². The third-order valence-electron chi connectivity index (χ3n) is 3.70. The van der Waals surface area contributed by atoms with Crippen LogP contribution in [0.5, 0.6) is 0 Å². The summed E-state index contributed by atoms with van der Waals surface area (Å²) < 4.78 is 0. The van der Waals surface area contributed by atoms with Crippen LogP contribution in [0.4, 0.5) is 16.2 Å². The fourth-order valence-electron chi connectivity index (χ4n) is 2.41. The maximum atomic E-state index is 12.0. The molecule has 0 radical (unpaired) electrons. The molecule has 1 heterocycles. The molecule has 2 aromatic carbocycles. The fourth-order valence-corrected chi connectivity index (χ4v) is 3.25. The van der Waals surface area contributed by atoms with Gasteiger partial charge < -0.3 is 16.0 Å². The van der Waals surface area contributed by atoms with Crippen LogP contribution in [0.2, 0.25) is 5.02 Å². The van der Waals surface area contributed by atoms with Crippen molar-refractivity contribution in [1.29, 1.82) is 0 Å². The number of benzene rings is 2. The van der Waals surface area contributed by atoms with Crippen LogP contribution in [0, 0.1) is 0 Å². The number of thiophene rings is 1. The van der Waals surface area contributed by atoms with Crippen LogP contribution >= 0.6 is 22.9 Å². The molecule has 1 aromatic heterocycles. The number of amides is 3. The van der Waals surface area contributed by atoms with Gasteiger partial charge in [-0.1, -0.05) is 35.9 Å². The Labute approximate surface area is 166 Å². The molecule has 0 bridgehead atoms. The Balaban J connectivity index is 1.47. The van der Waals surface area contributed by atoms with Crippen molar-refractivity contribution >= 4 is 46.3 Å². The lowest BCUT2D eigenvalue weighted by atomic mass is 10.1.